The third-order valence-corrected chi connectivity index (χ3v) is 2.23. The average molecular weight is 194 g/mol. The van der Waals surface area contributed by atoms with E-state index in [9.17, 15) is 5.11 Å². The summed E-state index contributed by atoms with van der Waals surface area (Å²) in [6.45, 7) is 4.40. The minimum absolute atomic E-state index is 0.0826. The van der Waals surface area contributed by atoms with E-state index in [2.05, 4.69) is 13.8 Å². The molecular weight excluding hydrogens is 176 g/mol. The van der Waals surface area contributed by atoms with Gasteiger partial charge in [-0.25, -0.2) is 0 Å². The molecule has 0 fully saturated rings. The van der Waals surface area contributed by atoms with Crippen LogP contribution in [0.2, 0.25) is 0 Å². The molecule has 0 aliphatic heterocycles. The van der Waals surface area contributed by atoms with Crippen LogP contribution in [0.5, 0.6) is 5.75 Å². The molecule has 0 saturated heterocycles. The van der Waals surface area contributed by atoms with Gasteiger partial charge in [-0.1, -0.05) is 26.0 Å². The molecular formula is C12H18O2. The quantitative estimate of drug-likeness (QED) is 0.797. The summed E-state index contributed by atoms with van der Waals surface area (Å²) in [7, 11) is 1.67. The lowest BCUT2D eigenvalue weighted by molar-refractivity contribution is 0.279. The van der Waals surface area contributed by atoms with Crippen LogP contribution in [0.25, 0.3) is 0 Å². The fourth-order valence-corrected chi connectivity index (χ4v) is 1.59. The van der Waals surface area contributed by atoms with E-state index in [1.165, 1.54) is 0 Å². The van der Waals surface area contributed by atoms with E-state index in [1.807, 2.05) is 18.2 Å². The molecule has 14 heavy (non-hydrogen) atoms. The van der Waals surface area contributed by atoms with Crippen molar-refractivity contribution in [3.63, 3.8) is 0 Å². The number of hydrogen-bond donors (Lipinski definition) is 1. The van der Waals surface area contributed by atoms with Gasteiger partial charge in [-0.15, -0.1) is 0 Å². The van der Waals surface area contributed by atoms with Gasteiger partial charge in [-0.3, -0.25) is 0 Å². The zero-order chi connectivity index (χ0) is 10.6. The number of aliphatic hydroxyl groups is 1. The molecule has 0 amide bonds. The molecule has 0 heterocycles. The van der Waals surface area contributed by atoms with Gasteiger partial charge >= 0.3 is 0 Å². The van der Waals surface area contributed by atoms with Crippen LogP contribution in [0.15, 0.2) is 18.2 Å². The third kappa shape index (κ3) is 2.48. The Morgan fingerprint density at radius 3 is 2.57 bits per heavy atom. The van der Waals surface area contributed by atoms with E-state index in [4.69, 9.17) is 4.74 Å². The van der Waals surface area contributed by atoms with Crippen LogP contribution < -0.4 is 4.74 Å². The van der Waals surface area contributed by atoms with Crippen molar-refractivity contribution in [1.82, 2.24) is 0 Å². The van der Waals surface area contributed by atoms with Crippen molar-refractivity contribution >= 4 is 0 Å². The lowest BCUT2D eigenvalue weighted by Crippen LogP contribution is -2.02. The zero-order valence-electron chi connectivity index (χ0n) is 9.08. The van der Waals surface area contributed by atoms with Gasteiger partial charge in [0.15, 0.2) is 0 Å². The lowest BCUT2D eigenvalue weighted by atomic mass is 9.97. The molecule has 0 unspecified atom stereocenters. The summed E-state index contributed by atoms with van der Waals surface area (Å²) in [4.78, 5) is 0. The number of hydrogen-bond acceptors (Lipinski definition) is 2. The summed E-state index contributed by atoms with van der Waals surface area (Å²) in [5.41, 5.74) is 2.10. The first-order valence-corrected chi connectivity index (χ1v) is 4.94. The fraction of sp³-hybridized carbons (Fsp3) is 0.500. The van der Waals surface area contributed by atoms with Crippen molar-refractivity contribution in [2.45, 2.75) is 26.9 Å². The van der Waals surface area contributed by atoms with Crippen molar-refractivity contribution in [2.75, 3.05) is 7.11 Å². The minimum atomic E-state index is 0.0826. The first-order chi connectivity index (χ1) is 6.69. The van der Waals surface area contributed by atoms with Crippen LogP contribution in [0.1, 0.15) is 25.0 Å². The molecule has 2 heteroatoms. The van der Waals surface area contributed by atoms with E-state index in [0.29, 0.717) is 5.92 Å². The van der Waals surface area contributed by atoms with Gasteiger partial charge in [0.05, 0.1) is 13.7 Å². The summed E-state index contributed by atoms with van der Waals surface area (Å²) < 4.78 is 5.28. The van der Waals surface area contributed by atoms with Gasteiger partial charge in [-0.2, -0.15) is 0 Å². The minimum Gasteiger partial charge on any atom is -0.496 e. The Balaban J connectivity index is 3.05. The maximum absolute atomic E-state index is 9.20. The molecule has 0 radical (unpaired) electrons. The highest BCUT2D eigenvalue weighted by Gasteiger charge is 2.09. The number of ether oxygens (including phenoxy) is 1. The molecule has 0 spiro atoms. The molecule has 1 rings (SSSR count). The average Bonchev–Trinajstić information content (AvgIpc) is 2.17. The molecule has 1 N–H and O–H groups in total. The SMILES string of the molecule is COc1cccc(CO)c1CC(C)C. The van der Waals surface area contributed by atoms with E-state index in [-0.39, 0.29) is 6.61 Å². The Morgan fingerprint density at radius 1 is 1.36 bits per heavy atom. The van der Waals surface area contributed by atoms with Gasteiger partial charge in [0.25, 0.3) is 0 Å². The molecule has 0 aliphatic carbocycles. The van der Waals surface area contributed by atoms with Gasteiger partial charge in [0, 0.05) is 0 Å². The predicted molar refractivity (Wildman–Crippen MR) is 57.5 cm³/mol. The van der Waals surface area contributed by atoms with Crippen LogP contribution in [0.4, 0.5) is 0 Å². The third-order valence-electron chi connectivity index (χ3n) is 2.23. The van der Waals surface area contributed by atoms with Crippen molar-refractivity contribution in [1.29, 1.82) is 0 Å². The predicted octanol–water partition coefficient (Wildman–Crippen LogP) is 2.39. The molecule has 1 aromatic rings. The molecule has 0 aliphatic rings. The highest BCUT2D eigenvalue weighted by molar-refractivity contribution is 5.40. The fourth-order valence-electron chi connectivity index (χ4n) is 1.59. The van der Waals surface area contributed by atoms with E-state index >= 15 is 0 Å². The second-order valence-corrected chi connectivity index (χ2v) is 3.85. The van der Waals surface area contributed by atoms with Gasteiger partial charge in [0.2, 0.25) is 0 Å². The van der Waals surface area contributed by atoms with Crippen LogP contribution >= 0.6 is 0 Å². The molecule has 0 saturated carbocycles. The van der Waals surface area contributed by atoms with Crippen LogP contribution in [-0.2, 0) is 13.0 Å². The van der Waals surface area contributed by atoms with Crippen molar-refractivity contribution < 1.29 is 9.84 Å². The molecule has 0 aromatic heterocycles. The van der Waals surface area contributed by atoms with Crippen LogP contribution in [0, 0.1) is 5.92 Å². The Labute approximate surface area is 85.5 Å². The van der Waals surface area contributed by atoms with Crippen molar-refractivity contribution in [2.24, 2.45) is 5.92 Å². The zero-order valence-corrected chi connectivity index (χ0v) is 9.08. The van der Waals surface area contributed by atoms with Gasteiger partial charge in [0.1, 0.15) is 5.75 Å². The largest absolute Gasteiger partial charge is 0.496 e. The van der Waals surface area contributed by atoms with Crippen LogP contribution in [-0.4, -0.2) is 12.2 Å². The van der Waals surface area contributed by atoms with Gasteiger partial charge < -0.3 is 9.84 Å². The number of rotatable bonds is 4. The highest BCUT2D eigenvalue weighted by Crippen LogP contribution is 2.25. The second-order valence-electron chi connectivity index (χ2n) is 3.85. The first-order valence-electron chi connectivity index (χ1n) is 4.94. The summed E-state index contributed by atoms with van der Waals surface area (Å²) in [6, 6.07) is 5.80. The Kier molecular flexibility index (Phi) is 3.96. The maximum atomic E-state index is 9.20. The summed E-state index contributed by atoms with van der Waals surface area (Å²) in [5, 5.41) is 9.20. The molecule has 0 bridgehead atoms. The monoisotopic (exact) mass is 194 g/mol. The van der Waals surface area contributed by atoms with E-state index < -0.39 is 0 Å². The number of methoxy groups -OCH3 is 1. The lowest BCUT2D eigenvalue weighted by Gasteiger charge is -2.14. The standard InChI is InChI=1S/C12H18O2/c1-9(2)7-11-10(8-13)5-4-6-12(11)14-3/h4-6,9,13H,7-8H2,1-3H3. The Bertz CT molecular complexity index is 270. The Hall–Kier alpha value is -1.02. The van der Waals surface area contributed by atoms with E-state index in [1.54, 1.807) is 7.11 Å². The van der Waals surface area contributed by atoms with E-state index in [0.717, 1.165) is 23.3 Å². The van der Waals surface area contributed by atoms with Gasteiger partial charge in [-0.05, 0) is 29.5 Å². The topological polar surface area (TPSA) is 29.5 Å². The second kappa shape index (κ2) is 5.01. The summed E-state index contributed by atoms with van der Waals surface area (Å²) in [6.07, 6.45) is 0.944. The summed E-state index contributed by atoms with van der Waals surface area (Å²) in [5.74, 6) is 1.45. The maximum Gasteiger partial charge on any atom is 0.122 e. The van der Waals surface area contributed by atoms with Crippen LogP contribution in [0.3, 0.4) is 0 Å². The molecule has 0 atom stereocenters. The highest BCUT2D eigenvalue weighted by atomic mass is 16.5. The van der Waals surface area contributed by atoms with Crippen molar-refractivity contribution in [3.8, 4) is 5.75 Å². The Morgan fingerprint density at radius 2 is 2.07 bits per heavy atom. The smallest absolute Gasteiger partial charge is 0.122 e. The number of benzene rings is 1. The summed E-state index contributed by atoms with van der Waals surface area (Å²) >= 11 is 0. The normalized spacial score (nSPS) is 10.6. The molecule has 2 nitrogen and oxygen atoms in total. The number of aliphatic hydroxyl groups excluding tert-OH is 1. The van der Waals surface area contributed by atoms with Crippen molar-refractivity contribution in [3.05, 3.63) is 29.3 Å². The molecule has 1 aromatic carbocycles. The first kappa shape index (κ1) is 11.1. The molecule has 78 valence electrons.